The lowest BCUT2D eigenvalue weighted by molar-refractivity contribution is -0.122. The van der Waals surface area contributed by atoms with Crippen molar-refractivity contribution in [1.29, 1.82) is 0 Å². The topological polar surface area (TPSA) is 67.0 Å². The minimum atomic E-state index is -0.223. The molecule has 1 heterocycles. The zero-order chi connectivity index (χ0) is 18.0. The Kier molecular flexibility index (Phi) is 4.74. The van der Waals surface area contributed by atoms with Gasteiger partial charge >= 0.3 is 0 Å². The average molecular weight is 337 g/mol. The molecule has 0 aliphatic heterocycles. The first-order valence-electron chi connectivity index (χ1n) is 8.35. The molecule has 0 aliphatic carbocycles. The molecule has 1 aromatic heterocycles. The highest BCUT2D eigenvalue weighted by atomic mass is 16.5. The Balaban J connectivity index is 1.74. The maximum absolute atomic E-state index is 12.5. The molecule has 0 saturated heterocycles. The number of amides is 1. The lowest BCUT2D eigenvalue weighted by Crippen LogP contribution is -2.27. The molecule has 130 valence electrons. The van der Waals surface area contributed by atoms with Crippen LogP contribution >= 0.6 is 0 Å². The van der Waals surface area contributed by atoms with E-state index in [2.05, 4.69) is 21.6 Å². The SMILES string of the molecule is COc1ccc2cc([C@H](C)C(=O)NCc3c(C)n[nH]c3C)ccc2c1. The summed E-state index contributed by atoms with van der Waals surface area (Å²) in [6.45, 7) is 6.31. The van der Waals surface area contributed by atoms with E-state index in [0.717, 1.165) is 39.0 Å². The summed E-state index contributed by atoms with van der Waals surface area (Å²) in [5.74, 6) is 0.615. The molecule has 2 N–H and O–H groups in total. The second kappa shape index (κ2) is 6.97. The Bertz CT molecular complexity index is 895. The van der Waals surface area contributed by atoms with Crippen LogP contribution in [0.5, 0.6) is 5.75 Å². The van der Waals surface area contributed by atoms with E-state index in [0.29, 0.717) is 6.54 Å². The van der Waals surface area contributed by atoms with E-state index < -0.39 is 0 Å². The molecule has 5 heteroatoms. The number of H-pyrrole nitrogens is 1. The van der Waals surface area contributed by atoms with Gasteiger partial charge in [0, 0.05) is 17.8 Å². The molecule has 0 fully saturated rings. The zero-order valence-corrected chi connectivity index (χ0v) is 15.0. The van der Waals surface area contributed by atoms with Gasteiger partial charge in [-0.1, -0.05) is 24.3 Å². The second-order valence-electron chi connectivity index (χ2n) is 6.32. The van der Waals surface area contributed by atoms with Gasteiger partial charge in [0.15, 0.2) is 0 Å². The van der Waals surface area contributed by atoms with Crippen molar-refractivity contribution in [3.05, 3.63) is 58.9 Å². The summed E-state index contributed by atoms with van der Waals surface area (Å²) in [5, 5.41) is 12.3. The van der Waals surface area contributed by atoms with E-state index in [9.17, 15) is 4.79 Å². The molecule has 5 nitrogen and oxygen atoms in total. The van der Waals surface area contributed by atoms with E-state index in [1.54, 1.807) is 7.11 Å². The van der Waals surface area contributed by atoms with Gasteiger partial charge in [0.2, 0.25) is 5.91 Å². The minimum absolute atomic E-state index is 0.00728. The lowest BCUT2D eigenvalue weighted by atomic mass is 9.97. The van der Waals surface area contributed by atoms with Crippen molar-refractivity contribution in [2.24, 2.45) is 0 Å². The minimum Gasteiger partial charge on any atom is -0.497 e. The van der Waals surface area contributed by atoms with E-state index in [4.69, 9.17) is 4.74 Å². The number of hydrogen-bond acceptors (Lipinski definition) is 3. The maximum Gasteiger partial charge on any atom is 0.227 e. The molecule has 0 radical (unpaired) electrons. The van der Waals surface area contributed by atoms with E-state index in [1.807, 2.05) is 51.1 Å². The van der Waals surface area contributed by atoms with Crippen LogP contribution in [0.4, 0.5) is 0 Å². The number of nitrogens with one attached hydrogen (secondary N) is 2. The number of aromatic amines is 1. The molecule has 3 rings (SSSR count). The fourth-order valence-corrected chi connectivity index (χ4v) is 2.95. The number of aryl methyl sites for hydroxylation is 2. The molecule has 25 heavy (non-hydrogen) atoms. The first-order chi connectivity index (χ1) is 12.0. The second-order valence-corrected chi connectivity index (χ2v) is 6.32. The summed E-state index contributed by atoms with van der Waals surface area (Å²) in [4.78, 5) is 12.5. The number of hydrogen-bond donors (Lipinski definition) is 2. The normalized spacial score (nSPS) is 12.2. The highest BCUT2D eigenvalue weighted by molar-refractivity contribution is 5.88. The summed E-state index contributed by atoms with van der Waals surface area (Å²) in [6.07, 6.45) is 0. The Morgan fingerprint density at radius 3 is 2.60 bits per heavy atom. The molecule has 3 aromatic rings. The quantitative estimate of drug-likeness (QED) is 0.747. The van der Waals surface area contributed by atoms with Gasteiger partial charge in [-0.2, -0.15) is 5.10 Å². The largest absolute Gasteiger partial charge is 0.497 e. The number of benzene rings is 2. The van der Waals surface area contributed by atoms with Crippen LogP contribution in [-0.4, -0.2) is 23.2 Å². The van der Waals surface area contributed by atoms with Crippen LogP contribution in [0.3, 0.4) is 0 Å². The molecule has 1 amide bonds. The Morgan fingerprint density at radius 2 is 1.92 bits per heavy atom. The highest BCUT2D eigenvalue weighted by Gasteiger charge is 2.16. The molecule has 0 spiro atoms. The van der Waals surface area contributed by atoms with Crippen molar-refractivity contribution in [2.75, 3.05) is 7.11 Å². The average Bonchev–Trinajstić information content (AvgIpc) is 2.96. The van der Waals surface area contributed by atoms with Gasteiger partial charge in [0.1, 0.15) is 5.75 Å². The molecule has 0 aliphatic rings. The monoisotopic (exact) mass is 337 g/mol. The van der Waals surface area contributed by atoms with Crippen molar-refractivity contribution in [1.82, 2.24) is 15.5 Å². The van der Waals surface area contributed by atoms with Crippen LogP contribution in [0.1, 0.15) is 35.4 Å². The van der Waals surface area contributed by atoms with Crippen LogP contribution in [-0.2, 0) is 11.3 Å². The summed E-state index contributed by atoms with van der Waals surface area (Å²) in [6, 6.07) is 12.0. The highest BCUT2D eigenvalue weighted by Crippen LogP contribution is 2.25. The number of rotatable bonds is 5. The van der Waals surface area contributed by atoms with E-state index in [-0.39, 0.29) is 11.8 Å². The number of nitrogens with zero attached hydrogens (tertiary/aromatic N) is 1. The van der Waals surface area contributed by atoms with Crippen LogP contribution in [0.2, 0.25) is 0 Å². The van der Waals surface area contributed by atoms with E-state index >= 15 is 0 Å². The van der Waals surface area contributed by atoms with Crippen molar-refractivity contribution < 1.29 is 9.53 Å². The Hall–Kier alpha value is -2.82. The molecule has 0 unspecified atom stereocenters. The van der Waals surface area contributed by atoms with Gasteiger partial charge in [-0.15, -0.1) is 0 Å². The zero-order valence-electron chi connectivity index (χ0n) is 15.0. The van der Waals surface area contributed by atoms with Crippen LogP contribution in [0, 0.1) is 13.8 Å². The molecule has 1 atom stereocenters. The first-order valence-corrected chi connectivity index (χ1v) is 8.35. The summed E-state index contributed by atoms with van der Waals surface area (Å²) in [5.41, 5.74) is 3.96. The number of aromatic nitrogens is 2. The standard InChI is InChI=1S/C20H23N3O2/c1-12(20(24)21-11-19-13(2)22-23-14(19)3)15-5-6-17-10-18(25-4)8-7-16(17)9-15/h5-10,12H,11H2,1-4H3,(H,21,24)(H,22,23)/t12-/m0/s1. The summed E-state index contributed by atoms with van der Waals surface area (Å²) < 4.78 is 5.25. The van der Waals surface area contributed by atoms with Crippen molar-refractivity contribution in [2.45, 2.75) is 33.2 Å². The van der Waals surface area contributed by atoms with Crippen molar-refractivity contribution in [3.63, 3.8) is 0 Å². The number of methoxy groups -OCH3 is 1. The fourth-order valence-electron chi connectivity index (χ4n) is 2.95. The number of carbonyl (C=O) groups excluding carboxylic acids is 1. The Labute approximate surface area is 147 Å². The van der Waals surface area contributed by atoms with Gasteiger partial charge in [-0.3, -0.25) is 9.89 Å². The Morgan fingerprint density at radius 1 is 1.20 bits per heavy atom. The van der Waals surface area contributed by atoms with Gasteiger partial charge in [0.25, 0.3) is 0 Å². The van der Waals surface area contributed by atoms with Crippen LogP contribution in [0.15, 0.2) is 36.4 Å². The predicted octanol–water partition coefficient (Wildman–Crippen LogP) is 3.61. The number of carbonyl (C=O) groups is 1. The number of ether oxygens (including phenoxy) is 1. The van der Waals surface area contributed by atoms with Gasteiger partial charge in [-0.05, 0) is 49.2 Å². The summed E-state index contributed by atoms with van der Waals surface area (Å²) in [7, 11) is 1.66. The third kappa shape index (κ3) is 3.50. The van der Waals surface area contributed by atoms with Gasteiger partial charge < -0.3 is 10.1 Å². The van der Waals surface area contributed by atoms with Gasteiger partial charge in [0.05, 0.1) is 18.7 Å². The summed E-state index contributed by atoms with van der Waals surface area (Å²) >= 11 is 0. The lowest BCUT2D eigenvalue weighted by Gasteiger charge is -2.14. The fraction of sp³-hybridized carbons (Fsp3) is 0.300. The molecule has 0 saturated carbocycles. The molecular formula is C20H23N3O2. The third-order valence-electron chi connectivity index (χ3n) is 4.68. The molecule has 0 bridgehead atoms. The maximum atomic E-state index is 12.5. The van der Waals surface area contributed by atoms with Crippen molar-refractivity contribution >= 4 is 16.7 Å². The van der Waals surface area contributed by atoms with Crippen LogP contribution < -0.4 is 10.1 Å². The first kappa shape index (κ1) is 17.0. The smallest absolute Gasteiger partial charge is 0.227 e. The number of fused-ring (bicyclic) bond motifs is 1. The van der Waals surface area contributed by atoms with E-state index in [1.165, 1.54) is 0 Å². The van der Waals surface area contributed by atoms with Crippen molar-refractivity contribution in [3.8, 4) is 5.75 Å². The van der Waals surface area contributed by atoms with Gasteiger partial charge in [-0.25, -0.2) is 0 Å². The van der Waals surface area contributed by atoms with Crippen LogP contribution in [0.25, 0.3) is 10.8 Å². The molecular weight excluding hydrogens is 314 g/mol. The third-order valence-corrected chi connectivity index (χ3v) is 4.68. The molecule has 2 aromatic carbocycles. The predicted molar refractivity (Wildman–Crippen MR) is 98.8 cm³/mol.